The maximum atomic E-state index is 12.1. The van der Waals surface area contributed by atoms with E-state index in [1.807, 2.05) is 42.6 Å². The first-order chi connectivity index (χ1) is 13.1. The predicted molar refractivity (Wildman–Crippen MR) is 107 cm³/mol. The van der Waals surface area contributed by atoms with Crippen LogP contribution in [0.1, 0.15) is 30.9 Å². The summed E-state index contributed by atoms with van der Waals surface area (Å²) in [6.07, 6.45) is 1.83. The van der Waals surface area contributed by atoms with E-state index in [1.165, 1.54) is 5.56 Å². The van der Waals surface area contributed by atoms with E-state index < -0.39 is 0 Å². The van der Waals surface area contributed by atoms with Gasteiger partial charge in [0.1, 0.15) is 5.75 Å². The summed E-state index contributed by atoms with van der Waals surface area (Å²) >= 11 is 0. The molecule has 1 heterocycles. The fourth-order valence-corrected chi connectivity index (χ4v) is 2.79. The van der Waals surface area contributed by atoms with Crippen LogP contribution in [0.15, 0.2) is 53.5 Å². The molecule has 0 aromatic heterocycles. The number of aliphatic imine (C=N–C) groups is 1. The van der Waals surface area contributed by atoms with E-state index in [2.05, 4.69) is 31.0 Å². The highest BCUT2D eigenvalue weighted by molar-refractivity contribution is 5.82. The molecule has 0 N–H and O–H groups in total. The number of rotatable bonds is 6. The SMILES string of the molecule is CC(C)c1ccc(N=Cc2ccc(OCC(=O)N3CCOCC3)cc2)cc1. The van der Waals surface area contributed by atoms with Gasteiger partial charge in [-0.05, 0) is 53.4 Å². The monoisotopic (exact) mass is 366 g/mol. The summed E-state index contributed by atoms with van der Waals surface area (Å²) < 4.78 is 10.8. The lowest BCUT2D eigenvalue weighted by molar-refractivity contribution is -0.137. The third kappa shape index (κ3) is 5.66. The van der Waals surface area contributed by atoms with Gasteiger partial charge in [0.05, 0.1) is 18.9 Å². The summed E-state index contributed by atoms with van der Waals surface area (Å²) in [5.74, 6) is 1.19. The molecule has 0 unspecified atom stereocenters. The van der Waals surface area contributed by atoms with E-state index >= 15 is 0 Å². The molecular weight excluding hydrogens is 340 g/mol. The summed E-state index contributed by atoms with van der Waals surface area (Å²) in [4.78, 5) is 18.4. The van der Waals surface area contributed by atoms with Crippen molar-refractivity contribution in [3.8, 4) is 5.75 Å². The Balaban J connectivity index is 1.51. The molecule has 1 aliphatic rings. The van der Waals surface area contributed by atoms with Crippen molar-refractivity contribution in [3.63, 3.8) is 0 Å². The van der Waals surface area contributed by atoms with E-state index in [4.69, 9.17) is 9.47 Å². The number of hydrogen-bond donors (Lipinski definition) is 0. The highest BCUT2D eigenvalue weighted by atomic mass is 16.5. The van der Waals surface area contributed by atoms with Crippen LogP contribution in [0.3, 0.4) is 0 Å². The van der Waals surface area contributed by atoms with Crippen molar-refractivity contribution < 1.29 is 14.3 Å². The lowest BCUT2D eigenvalue weighted by Crippen LogP contribution is -2.42. The minimum absolute atomic E-state index is 0.00576. The highest BCUT2D eigenvalue weighted by Crippen LogP contribution is 2.19. The van der Waals surface area contributed by atoms with Crippen LogP contribution in [-0.2, 0) is 9.53 Å². The van der Waals surface area contributed by atoms with E-state index in [0.717, 1.165) is 11.3 Å². The van der Waals surface area contributed by atoms with Crippen molar-refractivity contribution >= 4 is 17.8 Å². The first-order valence-corrected chi connectivity index (χ1v) is 9.34. The van der Waals surface area contributed by atoms with Crippen LogP contribution >= 0.6 is 0 Å². The van der Waals surface area contributed by atoms with Crippen molar-refractivity contribution in [2.24, 2.45) is 4.99 Å². The summed E-state index contributed by atoms with van der Waals surface area (Å²) in [5, 5.41) is 0. The third-order valence-corrected chi connectivity index (χ3v) is 4.53. The molecule has 2 aromatic rings. The van der Waals surface area contributed by atoms with Gasteiger partial charge < -0.3 is 14.4 Å². The lowest BCUT2D eigenvalue weighted by Gasteiger charge is -2.26. The van der Waals surface area contributed by atoms with E-state index in [1.54, 1.807) is 4.90 Å². The molecule has 1 fully saturated rings. The molecule has 0 radical (unpaired) electrons. The minimum atomic E-state index is -0.00576. The average Bonchev–Trinajstić information content (AvgIpc) is 2.72. The molecule has 5 heteroatoms. The van der Waals surface area contributed by atoms with Crippen LogP contribution in [0.25, 0.3) is 0 Å². The van der Waals surface area contributed by atoms with Gasteiger partial charge in [-0.2, -0.15) is 0 Å². The first-order valence-electron chi connectivity index (χ1n) is 9.34. The maximum Gasteiger partial charge on any atom is 0.260 e. The zero-order chi connectivity index (χ0) is 19.1. The van der Waals surface area contributed by atoms with Gasteiger partial charge in [-0.3, -0.25) is 9.79 Å². The van der Waals surface area contributed by atoms with Gasteiger partial charge in [0.2, 0.25) is 0 Å². The van der Waals surface area contributed by atoms with Crippen LogP contribution in [0.5, 0.6) is 5.75 Å². The molecular formula is C22H26N2O3. The minimum Gasteiger partial charge on any atom is -0.484 e. The second-order valence-corrected chi connectivity index (χ2v) is 6.86. The van der Waals surface area contributed by atoms with Crippen molar-refractivity contribution in [3.05, 3.63) is 59.7 Å². The Morgan fingerprint density at radius 1 is 1.11 bits per heavy atom. The summed E-state index contributed by atoms with van der Waals surface area (Å²) in [7, 11) is 0. The number of carbonyl (C=O) groups is 1. The maximum absolute atomic E-state index is 12.1. The second-order valence-electron chi connectivity index (χ2n) is 6.86. The zero-order valence-corrected chi connectivity index (χ0v) is 15.9. The van der Waals surface area contributed by atoms with Crippen LogP contribution in [0.4, 0.5) is 5.69 Å². The summed E-state index contributed by atoms with van der Waals surface area (Å²) in [6.45, 7) is 6.87. The van der Waals surface area contributed by atoms with Gasteiger partial charge in [0, 0.05) is 19.3 Å². The van der Waals surface area contributed by atoms with Gasteiger partial charge in [0.25, 0.3) is 5.91 Å². The number of hydrogen-bond acceptors (Lipinski definition) is 4. The Morgan fingerprint density at radius 3 is 2.41 bits per heavy atom. The normalized spacial score (nSPS) is 14.7. The van der Waals surface area contributed by atoms with Crippen LogP contribution in [0.2, 0.25) is 0 Å². The Bertz CT molecular complexity index is 761. The van der Waals surface area contributed by atoms with E-state index in [9.17, 15) is 4.79 Å². The van der Waals surface area contributed by atoms with E-state index in [0.29, 0.717) is 38.0 Å². The average molecular weight is 366 g/mol. The fourth-order valence-electron chi connectivity index (χ4n) is 2.79. The summed E-state index contributed by atoms with van der Waals surface area (Å²) in [6, 6.07) is 15.9. The molecule has 3 rings (SSSR count). The number of amides is 1. The predicted octanol–water partition coefficient (Wildman–Crippen LogP) is 3.80. The van der Waals surface area contributed by atoms with E-state index in [-0.39, 0.29) is 12.5 Å². The molecule has 142 valence electrons. The largest absolute Gasteiger partial charge is 0.484 e. The highest BCUT2D eigenvalue weighted by Gasteiger charge is 2.16. The summed E-state index contributed by atoms with van der Waals surface area (Å²) in [5.41, 5.74) is 3.22. The fraction of sp³-hybridized carbons (Fsp3) is 0.364. The molecule has 1 amide bonds. The number of benzene rings is 2. The Morgan fingerprint density at radius 2 is 1.78 bits per heavy atom. The molecule has 1 aliphatic heterocycles. The Kier molecular flexibility index (Phi) is 6.60. The number of morpholine rings is 1. The van der Waals surface area contributed by atoms with Gasteiger partial charge in [-0.25, -0.2) is 0 Å². The molecule has 0 aliphatic carbocycles. The molecule has 5 nitrogen and oxygen atoms in total. The third-order valence-electron chi connectivity index (χ3n) is 4.53. The molecule has 0 bridgehead atoms. The Labute approximate surface area is 160 Å². The quantitative estimate of drug-likeness (QED) is 0.731. The molecule has 2 aromatic carbocycles. The topological polar surface area (TPSA) is 51.1 Å². The first kappa shape index (κ1) is 19.1. The standard InChI is InChI=1S/C22H26N2O3/c1-17(2)19-5-7-20(8-6-19)23-15-18-3-9-21(10-4-18)27-16-22(25)24-11-13-26-14-12-24/h3-10,15,17H,11-14,16H2,1-2H3. The number of nitrogens with zero attached hydrogens (tertiary/aromatic N) is 2. The zero-order valence-electron chi connectivity index (χ0n) is 15.9. The van der Waals surface area contributed by atoms with Gasteiger partial charge >= 0.3 is 0 Å². The van der Waals surface area contributed by atoms with Crippen molar-refractivity contribution in [1.82, 2.24) is 4.90 Å². The van der Waals surface area contributed by atoms with Crippen molar-refractivity contribution in [2.45, 2.75) is 19.8 Å². The molecule has 0 atom stereocenters. The van der Waals surface area contributed by atoms with Crippen molar-refractivity contribution in [1.29, 1.82) is 0 Å². The number of ether oxygens (including phenoxy) is 2. The van der Waals surface area contributed by atoms with Crippen LogP contribution < -0.4 is 4.74 Å². The Hall–Kier alpha value is -2.66. The van der Waals surface area contributed by atoms with Crippen molar-refractivity contribution in [2.75, 3.05) is 32.9 Å². The van der Waals surface area contributed by atoms with Gasteiger partial charge in [-0.1, -0.05) is 26.0 Å². The number of carbonyl (C=O) groups excluding carboxylic acids is 1. The van der Waals surface area contributed by atoms with Crippen LogP contribution in [-0.4, -0.2) is 49.9 Å². The molecule has 0 spiro atoms. The molecule has 27 heavy (non-hydrogen) atoms. The van der Waals surface area contributed by atoms with Crippen LogP contribution in [0, 0.1) is 0 Å². The second kappa shape index (κ2) is 9.33. The lowest BCUT2D eigenvalue weighted by atomic mass is 10.0. The van der Waals surface area contributed by atoms with Gasteiger partial charge in [-0.15, -0.1) is 0 Å². The smallest absolute Gasteiger partial charge is 0.260 e. The molecule has 0 saturated carbocycles. The van der Waals surface area contributed by atoms with Gasteiger partial charge in [0.15, 0.2) is 6.61 Å². The molecule has 1 saturated heterocycles.